The molecule has 0 saturated heterocycles. The van der Waals surface area contributed by atoms with Gasteiger partial charge in [-0.05, 0) is 37.1 Å². The molecule has 4 heteroatoms. The summed E-state index contributed by atoms with van der Waals surface area (Å²) in [5.41, 5.74) is 6.63. The molecule has 0 bridgehead atoms. The van der Waals surface area contributed by atoms with E-state index in [4.69, 9.17) is 5.73 Å². The topological polar surface area (TPSA) is 46.3 Å². The van der Waals surface area contributed by atoms with Gasteiger partial charge in [0.15, 0.2) is 0 Å². The summed E-state index contributed by atoms with van der Waals surface area (Å²) in [5, 5.41) is 0. The number of nitrogens with two attached hydrogens (primary N) is 1. The molecule has 0 radical (unpaired) electrons. The minimum Gasteiger partial charge on any atom is -0.325 e. The Balaban J connectivity index is 2.00. The molecule has 0 heterocycles. The summed E-state index contributed by atoms with van der Waals surface area (Å²) in [6.45, 7) is 0. The number of rotatable bonds is 3. The molecule has 3 nitrogen and oxygen atoms in total. The Morgan fingerprint density at radius 3 is 2.42 bits per heavy atom. The van der Waals surface area contributed by atoms with Crippen molar-refractivity contribution in [3.8, 4) is 0 Å². The van der Waals surface area contributed by atoms with Gasteiger partial charge in [0.2, 0.25) is 5.91 Å². The molecule has 0 spiro atoms. The fourth-order valence-corrected chi connectivity index (χ4v) is 2.66. The molecule has 2 rings (SSSR count). The highest BCUT2D eigenvalue weighted by atomic mass is 19.1. The van der Waals surface area contributed by atoms with Gasteiger partial charge in [0, 0.05) is 24.7 Å². The number of anilines is 1. The van der Waals surface area contributed by atoms with Crippen LogP contribution in [-0.4, -0.2) is 18.5 Å². The SMILES string of the molecule is CN(C(=O)CC1(N)CCCCC1)c1ccc(F)cc1. The molecule has 1 aliphatic rings. The summed E-state index contributed by atoms with van der Waals surface area (Å²) in [6.07, 6.45) is 5.60. The second-order valence-electron chi connectivity index (χ2n) is 5.53. The van der Waals surface area contributed by atoms with Crippen LogP contribution in [0.4, 0.5) is 10.1 Å². The van der Waals surface area contributed by atoms with Crippen LogP contribution in [0.25, 0.3) is 0 Å². The molecule has 1 aliphatic carbocycles. The molecular weight excluding hydrogens is 243 g/mol. The summed E-state index contributed by atoms with van der Waals surface area (Å²) < 4.78 is 12.9. The third kappa shape index (κ3) is 3.53. The Morgan fingerprint density at radius 2 is 1.84 bits per heavy atom. The highest BCUT2D eigenvalue weighted by Gasteiger charge is 2.31. The number of nitrogens with zero attached hydrogens (tertiary/aromatic N) is 1. The van der Waals surface area contributed by atoms with Gasteiger partial charge in [0.25, 0.3) is 0 Å². The van der Waals surface area contributed by atoms with E-state index in [1.54, 1.807) is 24.1 Å². The van der Waals surface area contributed by atoms with Crippen molar-refractivity contribution in [2.75, 3.05) is 11.9 Å². The highest BCUT2D eigenvalue weighted by Crippen LogP contribution is 2.29. The minimum absolute atomic E-state index is 0.00370. The second kappa shape index (κ2) is 5.70. The van der Waals surface area contributed by atoms with E-state index in [9.17, 15) is 9.18 Å². The van der Waals surface area contributed by atoms with Gasteiger partial charge in [0.05, 0.1) is 0 Å². The Kier molecular flexibility index (Phi) is 4.20. The lowest BCUT2D eigenvalue weighted by Gasteiger charge is -2.34. The van der Waals surface area contributed by atoms with E-state index in [2.05, 4.69) is 0 Å². The van der Waals surface area contributed by atoms with E-state index in [-0.39, 0.29) is 17.3 Å². The van der Waals surface area contributed by atoms with Crippen LogP contribution < -0.4 is 10.6 Å². The molecule has 1 aromatic carbocycles. The normalized spacial score (nSPS) is 18.1. The first-order valence-corrected chi connectivity index (χ1v) is 6.81. The van der Waals surface area contributed by atoms with Crippen molar-refractivity contribution in [2.45, 2.75) is 44.1 Å². The zero-order valence-corrected chi connectivity index (χ0v) is 11.4. The number of halogens is 1. The molecule has 2 N–H and O–H groups in total. The van der Waals surface area contributed by atoms with Gasteiger partial charge >= 0.3 is 0 Å². The Bertz CT molecular complexity index is 438. The average Bonchev–Trinajstić information content (AvgIpc) is 2.39. The van der Waals surface area contributed by atoms with Crippen molar-refractivity contribution in [3.05, 3.63) is 30.1 Å². The van der Waals surface area contributed by atoms with Gasteiger partial charge in [-0.15, -0.1) is 0 Å². The molecule has 0 unspecified atom stereocenters. The fraction of sp³-hybridized carbons (Fsp3) is 0.533. The van der Waals surface area contributed by atoms with Crippen LogP contribution in [0.2, 0.25) is 0 Å². The van der Waals surface area contributed by atoms with Crippen molar-refractivity contribution in [1.82, 2.24) is 0 Å². The molecule has 1 amide bonds. The van der Waals surface area contributed by atoms with E-state index in [1.165, 1.54) is 18.6 Å². The van der Waals surface area contributed by atoms with E-state index in [0.717, 1.165) is 25.7 Å². The standard InChI is InChI=1S/C15H21FN2O/c1-18(13-7-5-12(16)6-8-13)14(19)11-15(17)9-3-2-4-10-15/h5-8H,2-4,9-11,17H2,1H3. The van der Waals surface area contributed by atoms with Gasteiger partial charge in [0.1, 0.15) is 5.82 Å². The van der Waals surface area contributed by atoms with Crippen molar-refractivity contribution < 1.29 is 9.18 Å². The molecule has 0 aliphatic heterocycles. The quantitative estimate of drug-likeness (QED) is 0.912. The highest BCUT2D eigenvalue weighted by molar-refractivity contribution is 5.93. The van der Waals surface area contributed by atoms with Crippen molar-refractivity contribution in [3.63, 3.8) is 0 Å². The average molecular weight is 264 g/mol. The largest absolute Gasteiger partial charge is 0.325 e. The Morgan fingerprint density at radius 1 is 1.26 bits per heavy atom. The molecule has 0 atom stereocenters. The molecule has 0 aromatic heterocycles. The molecule has 1 aromatic rings. The zero-order valence-electron chi connectivity index (χ0n) is 11.4. The van der Waals surface area contributed by atoms with Crippen LogP contribution in [0.3, 0.4) is 0 Å². The first kappa shape index (κ1) is 14.0. The van der Waals surface area contributed by atoms with Crippen molar-refractivity contribution >= 4 is 11.6 Å². The predicted octanol–water partition coefficient (Wildman–Crippen LogP) is 2.84. The van der Waals surface area contributed by atoms with E-state index in [0.29, 0.717) is 12.1 Å². The van der Waals surface area contributed by atoms with Crippen molar-refractivity contribution in [1.29, 1.82) is 0 Å². The van der Waals surface area contributed by atoms with Crippen LogP contribution >= 0.6 is 0 Å². The van der Waals surface area contributed by atoms with Gasteiger partial charge in [-0.3, -0.25) is 4.79 Å². The summed E-state index contributed by atoms with van der Waals surface area (Å²) in [7, 11) is 1.71. The van der Waals surface area contributed by atoms with Gasteiger partial charge < -0.3 is 10.6 Å². The summed E-state index contributed by atoms with van der Waals surface area (Å²) in [4.78, 5) is 13.8. The summed E-state index contributed by atoms with van der Waals surface area (Å²) in [6, 6.07) is 5.93. The van der Waals surface area contributed by atoms with Gasteiger partial charge in [-0.1, -0.05) is 19.3 Å². The van der Waals surface area contributed by atoms with Crippen LogP contribution in [-0.2, 0) is 4.79 Å². The lowest BCUT2D eigenvalue weighted by Crippen LogP contribution is -2.46. The number of hydrogen-bond acceptors (Lipinski definition) is 2. The van der Waals surface area contributed by atoms with E-state index >= 15 is 0 Å². The molecule has 1 fully saturated rings. The predicted molar refractivity (Wildman–Crippen MR) is 74.4 cm³/mol. The monoisotopic (exact) mass is 264 g/mol. The fourth-order valence-electron chi connectivity index (χ4n) is 2.66. The second-order valence-corrected chi connectivity index (χ2v) is 5.53. The number of hydrogen-bond donors (Lipinski definition) is 1. The third-order valence-electron chi connectivity index (χ3n) is 3.94. The maximum atomic E-state index is 12.9. The first-order valence-electron chi connectivity index (χ1n) is 6.81. The number of amides is 1. The van der Waals surface area contributed by atoms with Crippen molar-refractivity contribution in [2.24, 2.45) is 5.73 Å². The first-order chi connectivity index (χ1) is 9.00. The lowest BCUT2D eigenvalue weighted by molar-refractivity contribution is -0.119. The summed E-state index contributed by atoms with van der Waals surface area (Å²) in [5.74, 6) is -0.303. The summed E-state index contributed by atoms with van der Waals surface area (Å²) >= 11 is 0. The molecular formula is C15H21FN2O. The molecule has 1 saturated carbocycles. The zero-order chi connectivity index (χ0) is 13.9. The van der Waals surface area contributed by atoms with Crippen LogP contribution in [0.15, 0.2) is 24.3 Å². The molecule has 19 heavy (non-hydrogen) atoms. The minimum atomic E-state index is -0.358. The van der Waals surface area contributed by atoms with Crippen LogP contribution in [0.5, 0.6) is 0 Å². The number of carbonyl (C=O) groups excluding carboxylic acids is 1. The maximum Gasteiger partial charge on any atom is 0.228 e. The van der Waals surface area contributed by atoms with Crippen LogP contribution in [0.1, 0.15) is 38.5 Å². The Hall–Kier alpha value is -1.42. The van der Waals surface area contributed by atoms with Crippen LogP contribution in [0, 0.1) is 5.82 Å². The van der Waals surface area contributed by atoms with E-state index in [1.807, 2.05) is 0 Å². The number of benzene rings is 1. The third-order valence-corrected chi connectivity index (χ3v) is 3.94. The molecule has 104 valence electrons. The smallest absolute Gasteiger partial charge is 0.228 e. The number of carbonyl (C=O) groups is 1. The van der Waals surface area contributed by atoms with Gasteiger partial charge in [-0.25, -0.2) is 4.39 Å². The maximum absolute atomic E-state index is 12.9. The lowest BCUT2D eigenvalue weighted by atomic mass is 9.80. The van der Waals surface area contributed by atoms with E-state index < -0.39 is 0 Å². The Labute approximate surface area is 113 Å². The van der Waals surface area contributed by atoms with Gasteiger partial charge in [-0.2, -0.15) is 0 Å².